The van der Waals surface area contributed by atoms with Gasteiger partial charge in [-0.3, -0.25) is 4.79 Å². The summed E-state index contributed by atoms with van der Waals surface area (Å²) in [6, 6.07) is 7.15. The highest BCUT2D eigenvalue weighted by Gasteiger charge is 2.36. The third-order valence-corrected chi connectivity index (χ3v) is 2.84. The summed E-state index contributed by atoms with van der Waals surface area (Å²) in [6.45, 7) is 5.79. The fourth-order valence-electron chi connectivity index (χ4n) is 1.98. The molecule has 2 rings (SSSR count). The van der Waals surface area contributed by atoms with Crippen molar-refractivity contribution in [1.29, 1.82) is 0 Å². The highest BCUT2D eigenvalue weighted by Crippen LogP contribution is 2.34. The number of hydrogen-bond acceptors (Lipinski definition) is 4. The molecule has 0 unspecified atom stereocenters. The Kier molecular flexibility index (Phi) is 3.30. The van der Waals surface area contributed by atoms with Crippen LogP contribution in [0.1, 0.15) is 32.4 Å². The van der Waals surface area contributed by atoms with E-state index in [4.69, 9.17) is 15.2 Å². The van der Waals surface area contributed by atoms with Gasteiger partial charge in [0.1, 0.15) is 23.9 Å². The molecule has 2 N–H and O–H groups in total. The number of hydrogen-bond donors (Lipinski definition) is 1. The van der Waals surface area contributed by atoms with Gasteiger partial charge in [0, 0.05) is 11.6 Å². The zero-order chi connectivity index (χ0) is 13.3. The number of benzene rings is 1. The van der Waals surface area contributed by atoms with Crippen LogP contribution in [0.3, 0.4) is 0 Å². The van der Waals surface area contributed by atoms with Crippen molar-refractivity contribution in [1.82, 2.24) is 0 Å². The lowest BCUT2D eigenvalue weighted by Gasteiger charge is -2.31. The molecule has 1 aliphatic heterocycles. The van der Waals surface area contributed by atoms with Crippen molar-refractivity contribution in [2.75, 3.05) is 6.61 Å². The van der Waals surface area contributed by atoms with Crippen LogP contribution in [0.5, 0.6) is 5.75 Å². The Balaban J connectivity index is 2.17. The van der Waals surface area contributed by atoms with E-state index in [2.05, 4.69) is 0 Å². The van der Waals surface area contributed by atoms with Crippen LogP contribution in [0, 0.1) is 5.92 Å². The minimum absolute atomic E-state index is 0.271. The van der Waals surface area contributed by atoms with E-state index in [0.717, 1.165) is 11.3 Å². The summed E-state index contributed by atoms with van der Waals surface area (Å²) < 4.78 is 10.9. The first-order valence-electron chi connectivity index (χ1n) is 6.08. The molecule has 0 saturated heterocycles. The SMILES string of the molecule is CC(C)(C)OC(=O)[C@H]1COc2ccccc2[C@H]1N. The van der Waals surface area contributed by atoms with Crippen molar-refractivity contribution in [3.63, 3.8) is 0 Å². The number of carbonyl (C=O) groups excluding carboxylic acids is 1. The molecule has 4 nitrogen and oxygen atoms in total. The molecule has 1 aromatic carbocycles. The summed E-state index contributed by atoms with van der Waals surface area (Å²) in [4.78, 5) is 12.1. The van der Waals surface area contributed by atoms with E-state index in [1.165, 1.54) is 0 Å². The lowest BCUT2D eigenvalue weighted by atomic mass is 9.91. The molecule has 0 fully saturated rings. The van der Waals surface area contributed by atoms with E-state index in [1.807, 2.05) is 45.0 Å². The second kappa shape index (κ2) is 4.61. The summed E-state index contributed by atoms with van der Waals surface area (Å²) in [5.41, 5.74) is 6.48. The molecule has 0 bridgehead atoms. The number of carbonyl (C=O) groups is 1. The van der Waals surface area contributed by atoms with E-state index in [9.17, 15) is 4.79 Å². The summed E-state index contributed by atoms with van der Waals surface area (Å²) in [6.07, 6.45) is 0. The predicted molar refractivity (Wildman–Crippen MR) is 68.2 cm³/mol. The zero-order valence-corrected chi connectivity index (χ0v) is 11.0. The maximum Gasteiger partial charge on any atom is 0.314 e. The van der Waals surface area contributed by atoms with Gasteiger partial charge in [-0.05, 0) is 26.8 Å². The van der Waals surface area contributed by atoms with Gasteiger partial charge in [0.15, 0.2) is 0 Å². The Morgan fingerprint density at radius 1 is 1.39 bits per heavy atom. The topological polar surface area (TPSA) is 61.5 Å². The van der Waals surface area contributed by atoms with Gasteiger partial charge in [-0.25, -0.2) is 0 Å². The van der Waals surface area contributed by atoms with Crippen molar-refractivity contribution in [3.8, 4) is 5.75 Å². The van der Waals surface area contributed by atoms with Crippen molar-refractivity contribution >= 4 is 5.97 Å². The van der Waals surface area contributed by atoms with Gasteiger partial charge >= 0.3 is 5.97 Å². The van der Waals surface area contributed by atoms with E-state index >= 15 is 0 Å². The normalized spacial score (nSPS) is 22.9. The van der Waals surface area contributed by atoms with E-state index < -0.39 is 11.5 Å². The smallest absolute Gasteiger partial charge is 0.314 e. The Morgan fingerprint density at radius 2 is 2.06 bits per heavy atom. The molecule has 18 heavy (non-hydrogen) atoms. The molecule has 4 heteroatoms. The Bertz CT molecular complexity index is 451. The minimum atomic E-state index is -0.506. The van der Waals surface area contributed by atoms with Crippen LogP contribution < -0.4 is 10.5 Å². The van der Waals surface area contributed by atoms with Gasteiger partial charge < -0.3 is 15.2 Å². The number of esters is 1. The van der Waals surface area contributed by atoms with Crippen LogP contribution >= 0.6 is 0 Å². The van der Waals surface area contributed by atoms with E-state index in [-0.39, 0.29) is 18.6 Å². The highest BCUT2D eigenvalue weighted by atomic mass is 16.6. The summed E-state index contributed by atoms with van der Waals surface area (Å²) in [5, 5.41) is 0. The molecule has 98 valence electrons. The standard InChI is InChI=1S/C14H19NO3/c1-14(2,3)18-13(16)10-8-17-11-7-5-4-6-9(11)12(10)15/h4-7,10,12H,8,15H2,1-3H3/t10-,12+/m0/s1. The second-order valence-electron chi connectivity index (χ2n) is 5.51. The average molecular weight is 249 g/mol. The molecule has 2 atom stereocenters. The van der Waals surface area contributed by atoms with Crippen LogP contribution in [0.25, 0.3) is 0 Å². The number of fused-ring (bicyclic) bond motifs is 1. The molecule has 0 radical (unpaired) electrons. The lowest BCUT2D eigenvalue weighted by Crippen LogP contribution is -2.40. The molecule has 0 amide bonds. The molecule has 1 aliphatic rings. The third kappa shape index (κ3) is 2.64. The first-order chi connectivity index (χ1) is 8.38. The second-order valence-corrected chi connectivity index (χ2v) is 5.51. The minimum Gasteiger partial charge on any atom is -0.492 e. The van der Waals surface area contributed by atoms with Gasteiger partial charge in [0.2, 0.25) is 0 Å². The maximum absolute atomic E-state index is 12.1. The van der Waals surface area contributed by atoms with Gasteiger partial charge in [0.25, 0.3) is 0 Å². The lowest BCUT2D eigenvalue weighted by molar-refractivity contribution is -0.162. The fraction of sp³-hybridized carbons (Fsp3) is 0.500. The summed E-state index contributed by atoms with van der Waals surface area (Å²) >= 11 is 0. The Morgan fingerprint density at radius 3 is 2.72 bits per heavy atom. The van der Waals surface area contributed by atoms with Crippen LogP contribution in [0.2, 0.25) is 0 Å². The Hall–Kier alpha value is -1.55. The van der Waals surface area contributed by atoms with Crippen LogP contribution in [0.15, 0.2) is 24.3 Å². The van der Waals surface area contributed by atoms with Crippen LogP contribution in [0.4, 0.5) is 0 Å². The average Bonchev–Trinajstić information content (AvgIpc) is 2.27. The van der Waals surface area contributed by atoms with Crippen LogP contribution in [-0.4, -0.2) is 18.2 Å². The Labute approximate surface area is 107 Å². The molecule has 0 saturated carbocycles. The fourth-order valence-corrected chi connectivity index (χ4v) is 1.98. The molecule has 0 spiro atoms. The summed E-state index contributed by atoms with van der Waals surface area (Å²) in [5.74, 6) is 0.00781. The van der Waals surface area contributed by atoms with Crippen molar-refractivity contribution in [2.45, 2.75) is 32.4 Å². The first kappa shape index (κ1) is 12.9. The highest BCUT2D eigenvalue weighted by molar-refractivity contribution is 5.75. The number of ether oxygens (including phenoxy) is 2. The van der Waals surface area contributed by atoms with Crippen molar-refractivity contribution < 1.29 is 14.3 Å². The monoisotopic (exact) mass is 249 g/mol. The van der Waals surface area contributed by atoms with Crippen molar-refractivity contribution in [3.05, 3.63) is 29.8 Å². The molecular weight excluding hydrogens is 230 g/mol. The molecule has 0 aliphatic carbocycles. The quantitative estimate of drug-likeness (QED) is 0.774. The molecular formula is C14H19NO3. The largest absolute Gasteiger partial charge is 0.492 e. The molecule has 1 heterocycles. The zero-order valence-electron chi connectivity index (χ0n) is 11.0. The molecule has 1 aromatic rings. The van der Waals surface area contributed by atoms with Crippen molar-refractivity contribution in [2.24, 2.45) is 11.7 Å². The van der Waals surface area contributed by atoms with E-state index in [1.54, 1.807) is 0 Å². The van der Waals surface area contributed by atoms with Gasteiger partial charge in [-0.1, -0.05) is 18.2 Å². The van der Waals surface area contributed by atoms with E-state index in [0.29, 0.717) is 0 Å². The first-order valence-corrected chi connectivity index (χ1v) is 6.08. The number of nitrogens with two attached hydrogens (primary N) is 1. The molecule has 0 aromatic heterocycles. The van der Waals surface area contributed by atoms with Gasteiger partial charge in [-0.2, -0.15) is 0 Å². The maximum atomic E-state index is 12.1. The number of para-hydroxylation sites is 1. The van der Waals surface area contributed by atoms with Gasteiger partial charge in [0.05, 0.1) is 0 Å². The summed E-state index contributed by atoms with van der Waals surface area (Å²) in [7, 11) is 0. The third-order valence-electron chi connectivity index (χ3n) is 2.84. The number of rotatable bonds is 1. The van der Waals surface area contributed by atoms with Crippen LogP contribution in [-0.2, 0) is 9.53 Å². The van der Waals surface area contributed by atoms with Gasteiger partial charge in [-0.15, -0.1) is 0 Å². The predicted octanol–water partition coefficient (Wildman–Crippen LogP) is 2.04.